The van der Waals surface area contributed by atoms with Crippen LogP contribution >= 0.6 is 0 Å². The van der Waals surface area contributed by atoms with E-state index in [4.69, 9.17) is 4.98 Å². The summed E-state index contributed by atoms with van der Waals surface area (Å²) in [5.41, 5.74) is 6.42. The summed E-state index contributed by atoms with van der Waals surface area (Å²) in [6.45, 7) is 6.69. The van der Waals surface area contributed by atoms with Gasteiger partial charge in [-0.05, 0) is 51.2 Å². The molecule has 0 aliphatic rings. The fourth-order valence-corrected chi connectivity index (χ4v) is 4.32. The van der Waals surface area contributed by atoms with Gasteiger partial charge in [0, 0.05) is 30.6 Å². The van der Waals surface area contributed by atoms with Crippen molar-refractivity contribution in [1.29, 1.82) is 0 Å². The third-order valence-corrected chi connectivity index (χ3v) is 6.18. The van der Waals surface area contributed by atoms with Crippen molar-refractivity contribution in [2.75, 3.05) is 32.1 Å². The quantitative estimate of drug-likeness (QED) is 0.344. The van der Waals surface area contributed by atoms with E-state index in [9.17, 15) is 0 Å². The Morgan fingerprint density at radius 1 is 0.824 bits per heavy atom. The summed E-state index contributed by atoms with van der Waals surface area (Å²) in [7, 11) is 4.20. The average Bonchev–Trinajstić information content (AvgIpc) is 3.28. The highest BCUT2D eigenvalue weighted by molar-refractivity contribution is 5.94. The second kappa shape index (κ2) is 9.23. The first-order valence-electron chi connectivity index (χ1n) is 11.7. The molecular formula is C28H30N6. The SMILES string of the molecule is Cc1ccc2nc(N(CCN(C)C)Cc3ccccc3)n3c(-c4ccccc4C)nnc3c2c1. The van der Waals surface area contributed by atoms with E-state index in [0.29, 0.717) is 0 Å². The van der Waals surface area contributed by atoms with E-state index in [-0.39, 0.29) is 0 Å². The Kier molecular flexibility index (Phi) is 5.99. The van der Waals surface area contributed by atoms with Crippen molar-refractivity contribution in [2.45, 2.75) is 20.4 Å². The molecule has 5 rings (SSSR count). The van der Waals surface area contributed by atoms with Gasteiger partial charge in [0.15, 0.2) is 11.5 Å². The molecule has 0 aliphatic heterocycles. The maximum Gasteiger partial charge on any atom is 0.214 e. The summed E-state index contributed by atoms with van der Waals surface area (Å²) in [5, 5.41) is 10.4. The first-order chi connectivity index (χ1) is 16.5. The van der Waals surface area contributed by atoms with Crippen LogP contribution in [0.2, 0.25) is 0 Å². The van der Waals surface area contributed by atoms with Gasteiger partial charge in [-0.1, -0.05) is 66.2 Å². The molecule has 6 nitrogen and oxygen atoms in total. The predicted molar refractivity (Wildman–Crippen MR) is 139 cm³/mol. The standard InChI is InChI=1S/C28H30N6/c1-20-14-15-25-24(18-20)27-31-30-26(23-13-9-8-10-21(23)2)34(27)28(29-25)33(17-16-32(3)4)19-22-11-6-5-7-12-22/h5-15,18H,16-17,19H2,1-4H3. The number of likely N-dealkylation sites (N-methyl/N-ethyl adjacent to an activating group) is 1. The molecule has 0 aliphatic carbocycles. The van der Waals surface area contributed by atoms with Crippen molar-refractivity contribution in [3.8, 4) is 11.4 Å². The van der Waals surface area contributed by atoms with Crippen molar-refractivity contribution >= 4 is 22.5 Å². The van der Waals surface area contributed by atoms with E-state index in [1.54, 1.807) is 0 Å². The summed E-state index contributed by atoms with van der Waals surface area (Å²) in [5.74, 6) is 1.68. The minimum atomic E-state index is 0.750. The largest absolute Gasteiger partial charge is 0.336 e. The van der Waals surface area contributed by atoms with Crippen LogP contribution in [0.5, 0.6) is 0 Å². The summed E-state index contributed by atoms with van der Waals surface area (Å²) in [6.07, 6.45) is 0. The smallest absolute Gasteiger partial charge is 0.214 e. The molecule has 2 heterocycles. The summed E-state index contributed by atoms with van der Waals surface area (Å²) >= 11 is 0. The lowest BCUT2D eigenvalue weighted by Gasteiger charge is -2.27. The van der Waals surface area contributed by atoms with Crippen LogP contribution in [0.3, 0.4) is 0 Å². The Morgan fingerprint density at radius 3 is 2.35 bits per heavy atom. The highest BCUT2D eigenvalue weighted by atomic mass is 15.4. The molecule has 0 saturated carbocycles. The molecule has 6 heteroatoms. The van der Waals surface area contributed by atoms with Crippen molar-refractivity contribution in [3.63, 3.8) is 0 Å². The summed E-state index contributed by atoms with van der Waals surface area (Å²) < 4.78 is 2.14. The van der Waals surface area contributed by atoms with Crippen LogP contribution in [0.15, 0.2) is 72.8 Å². The Labute approximate surface area is 200 Å². The Bertz CT molecular complexity index is 1440. The molecule has 0 radical (unpaired) electrons. The predicted octanol–water partition coefficient (Wildman–Crippen LogP) is 5.13. The number of hydrogen-bond acceptors (Lipinski definition) is 5. The van der Waals surface area contributed by atoms with E-state index in [2.05, 4.69) is 125 Å². The molecule has 2 aromatic heterocycles. The molecule has 0 N–H and O–H groups in total. The van der Waals surface area contributed by atoms with Gasteiger partial charge in [0.2, 0.25) is 5.95 Å². The van der Waals surface area contributed by atoms with E-state index in [1.807, 2.05) is 0 Å². The van der Waals surface area contributed by atoms with Gasteiger partial charge in [0.05, 0.1) is 5.52 Å². The van der Waals surface area contributed by atoms with Crippen LogP contribution in [0, 0.1) is 13.8 Å². The third-order valence-electron chi connectivity index (χ3n) is 6.18. The van der Waals surface area contributed by atoms with E-state index < -0.39 is 0 Å². The number of fused-ring (bicyclic) bond motifs is 3. The first-order valence-corrected chi connectivity index (χ1v) is 11.7. The normalized spacial score (nSPS) is 11.6. The number of benzene rings is 3. The van der Waals surface area contributed by atoms with Crippen LogP contribution in [-0.4, -0.2) is 51.7 Å². The number of aromatic nitrogens is 4. The molecule has 34 heavy (non-hydrogen) atoms. The third kappa shape index (κ3) is 4.24. The van der Waals surface area contributed by atoms with E-state index in [0.717, 1.165) is 59.1 Å². The van der Waals surface area contributed by atoms with Gasteiger partial charge < -0.3 is 9.80 Å². The van der Waals surface area contributed by atoms with Gasteiger partial charge in [-0.3, -0.25) is 0 Å². The maximum atomic E-state index is 5.20. The van der Waals surface area contributed by atoms with Gasteiger partial charge in [-0.15, -0.1) is 10.2 Å². The molecule has 0 amide bonds. The van der Waals surface area contributed by atoms with Crippen LogP contribution in [0.25, 0.3) is 27.9 Å². The van der Waals surface area contributed by atoms with Crippen LogP contribution in [0.4, 0.5) is 5.95 Å². The van der Waals surface area contributed by atoms with Gasteiger partial charge in [-0.25, -0.2) is 9.38 Å². The molecule has 5 aromatic rings. The zero-order chi connectivity index (χ0) is 23.7. The number of anilines is 1. The van der Waals surface area contributed by atoms with Gasteiger partial charge >= 0.3 is 0 Å². The molecular weight excluding hydrogens is 420 g/mol. The van der Waals surface area contributed by atoms with Crippen molar-refractivity contribution in [1.82, 2.24) is 24.5 Å². The fourth-order valence-electron chi connectivity index (χ4n) is 4.32. The first kappa shape index (κ1) is 22.0. The van der Waals surface area contributed by atoms with Gasteiger partial charge in [0.25, 0.3) is 0 Å². The van der Waals surface area contributed by atoms with Gasteiger partial charge in [0.1, 0.15) is 0 Å². The van der Waals surface area contributed by atoms with E-state index >= 15 is 0 Å². The molecule has 0 spiro atoms. The average molecular weight is 451 g/mol. The van der Waals surface area contributed by atoms with Gasteiger partial charge in [-0.2, -0.15) is 0 Å². The Balaban J connectivity index is 1.77. The van der Waals surface area contributed by atoms with Crippen LogP contribution in [0.1, 0.15) is 16.7 Å². The highest BCUT2D eigenvalue weighted by Gasteiger charge is 2.21. The zero-order valence-corrected chi connectivity index (χ0v) is 20.2. The molecule has 0 atom stereocenters. The van der Waals surface area contributed by atoms with Crippen molar-refractivity contribution < 1.29 is 0 Å². The topological polar surface area (TPSA) is 49.6 Å². The second-order valence-corrected chi connectivity index (χ2v) is 9.14. The molecule has 0 bridgehead atoms. The van der Waals surface area contributed by atoms with E-state index in [1.165, 1.54) is 11.1 Å². The maximum absolute atomic E-state index is 5.20. The molecule has 0 saturated heterocycles. The van der Waals surface area contributed by atoms with Crippen LogP contribution in [-0.2, 0) is 6.54 Å². The number of nitrogens with zero attached hydrogens (tertiary/aromatic N) is 6. The lowest BCUT2D eigenvalue weighted by molar-refractivity contribution is 0.411. The minimum Gasteiger partial charge on any atom is -0.336 e. The lowest BCUT2D eigenvalue weighted by atomic mass is 10.1. The Hall–Kier alpha value is -3.77. The zero-order valence-electron chi connectivity index (χ0n) is 20.2. The second-order valence-electron chi connectivity index (χ2n) is 9.14. The summed E-state index contributed by atoms with van der Waals surface area (Å²) in [4.78, 5) is 9.74. The number of hydrogen-bond donors (Lipinski definition) is 0. The van der Waals surface area contributed by atoms with Crippen LogP contribution < -0.4 is 4.90 Å². The molecule has 0 unspecified atom stereocenters. The monoisotopic (exact) mass is 450 g/mol. The summed E-state index contributed by atoms with van der Waals surface area (Å²) in [6, 6.07) is 25.2. The molecule has 172 valence electrons. The lowest BCUT2D eigenvalue weighted by Crippen LogP contribution is -2.33. The number of aryl methyl sites for hydroxylation is 2. The highest BCUT2D eigenvalue weighted by Crippen LogP contribution is 2.31. The minimum absolute atomic E-state index is 0.750. The van der Waals surface area contributed by atoms with Crippen molar-refractivity contribution in [2.24, 2.45) is 0 Å². The fraction of sp³-hybridized carbons (Fsp3) is 0.250. The number of rotatable bonds is 7. The molecule has 0 fully saturated rings. The van der Waals surface area contributed by atoms with Crippen molar-refractivity contribution in [3.05, 3.63) is 89.5 Å². The molecule has 3 aromatic carbocycles. The Morgan fingerprint density at radius 2 is 1.59 bits per heavy atom.